The lowest BCUT2D eigenvalue weighted by Gasteiger charge is -2.25. The van der Waals surface area contributed by atoms with Gasteiger partial charge in [-0.1, -0.05) is 26.8 Å². The van der Waals surface area contributed by atoms with Crippen LogP contribution in [0.4, 0.5) is 0 Å². The molecule has 0 spiro atoms. The van der Waals surface area contributed by atoms with Gasteiger partial charge in [-0.25, -0.2) is 4.98 Å². The number of aromatic nitrogens is 3. The molecule has 3 rings (SSSR count). The number of aryl methyl sites for hydroxylation is 1. The Balaban J connectivity index is 1.86. The van der Waals surface area contributed by atoms with Gasteiger partial charge in [-0.15, -0.1) is 6.58 Å². The summed E-state index contributed by atoms with van der Waals surface area (Å²) in [6.45, 7) is 15.5. The van der Waals surface area contributed by atoms with E-state index in [4.69, 9.17) is 4.42 Å². The minimum absolute atomic E-state index is 0.0104. The van der Waals surface area contributed by atoms with Gasteiger partial charge in [-0.2, -0.15) is 5.10 Å². The van der Waals surface area contributed by atoms with E-state index in [1.165, 1.54) is 0 Å². The standard InChI is InChI=1S/C19H26N4O2/c1-7-9-23-13(3)16(12(2)21-23)17(24)22-10-8-15-14(11-22)20-18(25-15)19(4,5)6/h7H,1,8-11H2,2-6H3. The number of hydrogen-bond donors (Lipinski definition) is 0. The van der Waals surface area contributed by atoms with E-state index in [2.05, 4.69) is 37.4 Å². The molecular formula is C19H26N4O2. The molecular weight excluding hydrogens is 316 g/mol. The number of hydrogen-bond acceptors (Lipinski definition) is 4. The molecule has 0 saturated carbocycles. The molecule has 3 heterocycles. The Hall–Kier alpha value is -2.37. The third-order valence-corrected chi connectivity index (χ3v) is 4.55. The molecule has 0 atom stereocenters. The number of oxazole rings is 1. The summed E-state index contributed by atoms with van der Waals surface area (Å²) in [7, 11) is 0. The number of rotatable bonds is 3. The molecule has 0 saturated heterocycles. The van der Waals surface area contributed by atoms with Crippen LogP contribution in [0.15, 0.2) is 17.1 Å². The van der Waals surface area contributed by atoms with Gasteiger partial charge in [0.05, 0.1) is 24.3 Å². The molecule has 0 aromatic carbocycles. The molecule has 2 aromatic rings. The number of amides is 1. The molecule has 1 aliphatic heterocycles. The lowest BCUT2D eigenvalue weighted by Crippen LogP contribution is -2.36. The van der Waals surface area contributed by atoms with Crippen molar-refractivity contribution in [2.75, 3.05) is 6.54 Å². The predicted octanol–water partition coefficient (Wildman–Crippen LogP) is 3.17. The maximum absolute atomic E-state index is 13.1. The number of carbonyl (C=O) groups excluding carboxylic acids is 1. The summed E-state index contributed by atoms with van der Waals surface area (Å²) in [5.74, 6) is 1.65. The van der Waals surface area contributed by atoms with Crippen molar-refractivity contribution < 1.29 is 9.21 Å². The fraction of sp³-hybridized carbons (Fsp3) is 0.526. The first-order valence-corrected chi connectivity index (χ1v) is 8.65. The highest BCUT2D eigenvalue weighted by Crippen LogP contribution is 2.28. The van der Waals surface area contributed by atoms with Crippen LogP contribution in [0.5, 0.6) is 0 Å². The van der Waals surface area contributed by atoms with Gasteiger partial charge in [0.2, 0.25) is 0 Å². The maximum Gasteiger partial charge on any atom is 0.257 e. The van der Waals surface area contributed by atoms with E-state index < -0.39 is 0 Å². The van der Waals surface area contributed by atoms with E-state index in [1.807, 2.05) is 23.4 Å². The third kappa shape index (κ3) is 3.13. The van der Waals surface area contributed by atoms with Crippen LogP contribution < -0.4 is 0 Å². The van der Waals surface area contributed by atoms with Gasteiger partial charge in [0.15, 0.2) is 5.89 Å². The number of allylic oxidation sites excluding steroid dienone is 1. The largest absolute Gasteiger partial charge is 0.445 e. The van der Waals surface area contributed by atoms with Crippen LogP contribution in [0.1, 0.15) is 59.9 Å². The van der Waals surface area contributed by atoms with E-state index in [9.17, 15) is 4.79 Å². The minimum Gasteiger partial charge on any atom is -0.445 e. The Morgan fingerprint density at radius 2 is 2.08 bits per heavy atom. The van der Waals surface area contributed by atoms with Gasteiger partial charge >= 0.3 is 0 Å². The average Bonchev–Trinajstić information content (AvgIpc) is 3.08. The van der Waals surface area contributed by atoms with E-state index in [-0.39, 0.29) is 11.3 Å². The topological polar surface area (TPSA) is 64.2 Å². The number of carbonyl (C=O) groups is 1. The van der Waals surface area contributed by atoms with Crippen molar-refractivity contribution in [2.24, 2.45) is 0 Å². The van der Waals surface area contributed by atoms with Gasteiger partial charge in [-0.05, 0) is 13.8 Å². The number of nitrogens with zero attached hydrogens (tertiary/aromatic N) is 4. The van der Waals surface area contributed by atoms with Gasteiger partial charge in [-0.3, -0.25) is 9.48 Å². The van der Waals surface area contributed by atoms with Crippen molar-refractivity contribution in [3.63, 3.8) is 0 Å². The first kappa shape index (κ1) is 17.5. The Bertz CT molecular complexity index is 823. The smallest absolute Gasteiger partial charge is 0.257 e. The molecule has 134 valence electrons. The van der Waals surface area contributed by atoms with Crippen LogP contribution in [0.25, 0.3) is 0 Å². The lowest BCUT2D eigenvalue weighted by molar-refractivity contribution is 0.0726. The van der Waals surface area contributed by atoms with Crippen LogP contribution in [0.3, 0.4) is 0 Å². The molecule has 25 heavy (non-hydrogen) atoms. The summed E-state index contributed by atoms with van der Waals surface area (Å²) in [6, 6.07) is 0. The van der Waals surface area contributed by atoms with Crippen LogP contribution in [-0.2, 0) is 24.9 Å². The van der Waals surface area contributed by atoms with E-state index >= 15 is 0 Å². The second-order valence-corrected chi connectivity index (χ2v) is 7.63. The Morgan fingerprint density at radius 1 is 1.36 bits per heavy atom. The van der Waals surface area contributed by atoms with E-state index in [0.717, 1.165) is 28.7 Å². The summed E-state index contributed by atoms with van der Waals surface area (Å²) in [4.78, 5) is 19.5. The van der Waals surface area contributed by atoms with Crippen molar-refractivity contribution in [1.82, 2.24) is 19.7 Å². The average molecular weight is 342 g/mol. The van der Waals surface area contributed by atoms with Crippen molar-refractivity contribution in [2.45, 2.75) is 59.5 Å². The molecule has 1 amide bonds. The third-order valence-electron chi connectivity index (χ3n) is 4.55. The van der Waals surface area contributed by atoms with Crippen LogP contribution >= 0.6 is 0 Å². The SMILES string of the molecule is C=CCn1nc(C)c(C(=O)N2CCc3oc(C(C)(C)C)nc3C2)c1C. The molecule has 0 radical (unpaired) electrons. The van der Waals surface area contributed by atoms with Crippen molar-refractivity contribution >= 4 is 5.91 Å². The van der Waals surface area contributed by atoms with Crippen LogP contribution in [0, 0.1) is 13.8 Å². The summed E-state index contributed by atoms with van der Waals surface area (Å²) >= 11 is 0. The second kappa shape index (κ2) is 6.17. The lowest BCUT2D eigenvalue weighted by atomic mass is 9.97. The summed E-state index contributed by atoms with van der Waals surface area (Å²) in [5, 5.41) is 4.46. The highest BCUT2D eigenvalue weighted by atomic mass is 16.4. The monoisotopic (exact) mass is 342 g/mol. The molecule has 6 nitrogen and oxygen atoms in total. The second-order valence-electron chi connectivity index (χ2n) is 7.63. The van der Waals surface area contributed by atoms with Gasteiger partial charge < -0.3 is 9.32 Å². The molecule has 1 aliphatic rings. The fourth-order valence-electron chi connectivity index (χ4n) is 3.16. The van der Waals surface area contributed by atoms with E-state index in [0.29, 0.717) is 31.6 Å². The highest BCUT2D eigenvalue weighted by molar-refractivity contribution is 5.96. The van der Waals surface area contributed by atoms with E-state index in [1.54, 1.807) is 6.08 Å². The summed E-state index contributed by atoms with van der Waals surface area (Å²) in [6.07, 6.45) is 2.48. The minimum atomic E-state index is -0.134. The van der Waals surface area contributed by atoms with Gasteiger partial charge in [0.1, 0.15) is 11.5 Å². The normalized spacial score (nSPS) is 14.5. The summed E-state index contributed by atoms with van der Waals surface area (Å²) in [5.41, 5.74) is 3.06. The fourth-order valence-corrected chi connectivity index (χ4v) is 3.16. The van der Waals surface area contributed by atoms with Crippen LogP contribution in [-0.4, -0.2) is 32.1 Å². The molecule has 2 aromatic heterocycles. The Kier molecular flexibility index (Phi) is 4.31. The van der Waals surface area contributed by atoms with Crippen molar-refractivity contribution in [1.29, 1.82) is 0 Å². The molecule has 0 aliphatic carbocycles. The first-order chi connectivity index (χ1) is 11.7. The van der Waals surface area contributed by atoms with Gasteiger partial charge in [0, 0.05) is 24.1 Å². The highest BCUT2D eigenvalue weighted by Gasteiger charge is 2.31. The zero-order valence-corrected chi connectivity index (χ0v) is 15.7. The first-order valence-electron chi connectivity index (χ1n) is 8.65. The molecule has 0 bridgehead atoms. The van der Waals surface area contributed by atoms with Crippen molar-refractivity contribution in [3.8, 4) is 0 Å². The quantitative estimate of drug-likeness (QED) is 0.804. The number of fused-ring (bicyclic) bond motifs is 1. The summed E-state index contributed by atoms with van der Waals surface area (Å²) < 4.78 is 7.73. The van der Waals surface area contributed by atoms with Crippen molar-refractivity contribution in [3.05, 3.63) is 47.0 Å². The zero-order chi connectivity index (χ0) is 18.4. The molecule has 6 heteroatoms. The van der Waals surface area contributed by atoms with Crippen LogP contribution in [0.2, 0.25) is 0 Å². The molecule has 0 unspecified atom stereocenters. The van der Waals surface area contributed by atoms with Gasteiger partial charge in [0.25, 0.3) is 5.91 Å². The molecule has 0 fully saturated rings. The maximum atomic E-state index is 13.1. The molecule has 0 N–H and O–H groups in total. The predicted molar refractivity (Wildman–Crippen MR) is 95.5 cm³/mol. The Morgan fingerprint density at radius 3 is 2.72 bits per heavy atom. The zero-order valence-electron chi connectivity index (χ0n) is 15.7. The Labute approximate surface area is 148 Å².